The standard InChI is InChI=1S/C14H15NO/c16-9-12-10-5-1-3-7-13(10)15-14-8-4-2-6-11(12)14/h1,3,5,7,16H,2,4,6,8-9H2. The molecule has 0 spiro atoms. The summed E-state index contributed by atoms with van der Waals surface area (Å²) in [5, 5.41) is 10.7. The number of rotatable bonds is 1. The fourth-order valence-electron chi connectivity index (χ4n) is 2.65. The van der Waals surface area contributed by atoms with Crippen LogP contribution in [0.1, 0.15) is 29.7 Å². The van der Waals surface area contributed by atoms with Crippen molar-refractivity contribution in [1.82, 2.24) is 4.98 Å². The van der Waals surface area contributed by atoms with Crippen molar-refractivity contribution >= 4 is 10.9 Å². The molecule has 1 aromatic carbocycles. The van der Waals surface area contributed by atoms with Gasteiger partial charge in [0.1, 0.15) is 0 Å². The highest BCUT2D eigenvalue weighted by atomic mass is 16.3. The predicted octanol–water partition coefficient (Wildman–Crippen LogP) is 2.61. The molecule has 1 aliphatic rings. The van der Waals surface area contributed by atoms with Crippen LogP contribution in [0.4, 0.5) is 0 Å². The van der Waals surface area contributed by atoms with E-state index in [0.29, 0.717) is 0 Å². The Kier molecular flexibility index (Phi) is 2.37. The summed E-state index contributed by atoms with van der Waals surface area (Å²) in [6.45, 7) is 0.130. The van der Waals surface area contributed by atoms with Crippen LogP contribution in [0.3, 0.4) is 0 Å². The van der Waals surface area contributed by atoms with E-state index in [-0.39, 0.29) is 6.61 Å². The molecule has 0 aliphatic heterocycles. The molecule has 16 heavy (non-hydrogen) atoms. The highest BCUT2D eigenvalue weighted by Crippen LogP contribution is 2.28. The summed E-state index contributed by atoms with van der Waals surface area (Å²) in [4.78, 5) is 4.71. The lowest BCUT2D eigenvalue weighted by Gasteiger charge is -2.19. The van der Waals surface area contributed by atoms with Gasteiger partial charge >= 0.3 is 0 Å². The zero-order valence-corrected chi connectivity index (χ0v) is 9.24. The molecular weight excluding hydrogens is 198 g/mol. The van der Waals surface area contributed by atoms with Gasteiger partial charge in [-0.05, 0) is 42.9 Å². The number of aliphatic hydroxyl groups is 1. The first-order chi connectivity index (χ1) is 7.90. The summed E-state index contributed by atoms with van der Waals surface area (Å²) >= 11 is 0. The Hall–Kier alpha value is -1.41. The molecule has 1 aromatic heterocycles. The number of nitrogens with zero attached hydrogens (tertiary/aromatic N) is 1. The molecule has 1 aliphatic carbocycles. The van der Waals surface area contributed by atoms with Gasteiger partial charge in [-0.15, -0.1) is 0 Å². The Morgan fingerprint density at radius 1 is 1.12 bits per heavy atom. The Morgan fingerprint density at radius 3 is 2.81 bits per heavy atom. The average molecular weight is 213 g/mol. The Labute approximate surface area is 94.9 Å². The van der Waals surface area contributed by atoms with E-state index in [1.165, 1.54) is 24.1 Å². The predicted molar refractivity (Wildman–Crippen MR) is 64.3 cm³/mol. The summed E-state index contributed by atoms with van der Waals surface area (Å²) in [6, 6.07) is 8.11. The topological polar surface area (TPSA) is 33.1 Å². The summed E-state index contributed by atoms with van der Waals surface area (Å²) < 4.78 is 0. The lowest BCUT2D eigenvalue weighted by Crippen LogP contribution is -2.09. The number of benzene rings is 1. The van der Waals surface area contributed by atoms with E-state index in [1.807, 2.05) is 18.2 Å². The smallest absolute Gasteiger partial charge is 0.0709 e. The molecule has 0 radical (unpaired) electrons. The van der Waals surface area contributed by atoms with Crippen LogP contribution in [0.25, 0.3) is 10.9 Å². The van der Waals surface area contributed by atoms with Crippen molar-refractivity contribution in [3.05, 3.63) is 41.1 Å². The van der Waals surface area contributed by atoms with Crippen LogP contribution in [0.5, 0.6) is 0 Å². The average Bonchev–Trinajstić information content (AvgIpc) is 2.36. The monoisotopic (exact) mass is 213 g/mol. The normalized spacial score (nSPS) is 15.1. The Bertz CT molecular complexity index is 533. The third-order valence-electron chi connectivity index (χ3n) is 3.45. The molecular formula is C14H15NO. The summed E-state index contributed by atoms with van der Waals surface area (Å²) in [5.74, 6) is 0. The fraction of sp³-hybridized carbons (Fsp3) is 0.357. The minimum atomic E-state index is 0.130. The molecule has 0 unspecified atom stereocenters. The lowest BCUT2D eigenvalue weighted by molar-refractivity contribution is 0.281. The molecule has 0 saturated heterocycles. The molecule has 1 N–H and O–H groups in total. The number of hydrogen-bond donors (Lipinski definition) is 1. The van der Waals surface area contributed by atoms with Gasteiger partial charge < -0.3 is 5.11 Å². The quantitative estimate of drug-likeness (QED) is 0.790. The van der Waals surface area contributed by atoms with Crippen LogP contribution in [0.2, 0.25) is 0 Å². The summed E-state index contributed by atoms with van der Waals surface area (Å²) in [5.41, 5.74) is 4.62. The first-order valence-electron chi connectivity index (χ1n) is 5.90. The number of pyridine rings is 1. The van der Waals surface area contributed by atoms with Crippen LogP contribution in [-0.2, 0) is 19.4 Å². The molecule has 3 rings (SSSR count). The molecule has 0 saturated carbocycles. The van der Waals surface area contributed by atoms with E-state index < -0.39 is 0 Å². The molecule has 0 atom stereocenters. The SMILES string of the molecule is OCc1c2c(nc3ccccc13)CCCC2. The van der Waals surface area contributed by atoms with Gasteiger partial charge in [0.25, 0.3) is 0 Å². The van der Waals surface area contributed by atoms with Gasteiger partial charge in [0, 0.05) is 11.1 Å². The van der Waals surface area contributed by atoms with E-state index >= 15 is 0 Å². The van der Waals surface area contributed by atoms with Gasteiger partial charge in [-0.3, -0.25) is 4.98 Å². The Morgan fingerprint density at radius 2 is 1.94 bits per heavy atom. The second-order valence-electron chi connectivity index (χ2n) is 4.40. The van der Waals surface area contributed by atoms with Crippen molar-refractivity contribution < 1.29 is 5.11 Å². The van der Waals surface area contributed by atoms with Gasteiger partial charge in [0.05, 0.1) is 12.1 Å². The van der Waals surface area contributed by atoms with Crippen molar-refractivity contribution in [3.8, 4) is 0 Å². The van der Waals surface area contributed by atoms with E-state index in [0.717, 1.165) is 29.3 Å². The van der Waals surface area contributed by atoms with Crippen LogP contribution in [0, 0.1) is 0 Å². The molecule has 2 nitrogen and oxygen atoms in total. The number of aliphatic hydroxyl groups excluding tert-OH is 1. The van der Waals surface area contributed by atoms with Crippen LogP contribution in [0.15, 0.2) is 24.3 Å². The number of hydrogen-bond acceptors (Lipinski definition) is 2. The van der Waals surface area contributed by atoms with Crippen molar-refractivity contribution in [2.45, 2.75) is 32.3 Å². The maximum Gasteiger partial charge on any atom is 0.0709 e. The van der Waals surface area contributed by atoms with Crippen molar-refractivity contribution in [1.29, 1.82) is 0 Å². The molecule has 2 heteroatoms. The summed E-state index contributed by atoms with van der Waals surface area (Å²) in [7, 11) is 0. The lowest BCUT2D eigenvalue weighted by atomic mass is 9.90. The van der Waals surface area contributed by atoms with Crippen molar-refractivity contribution in [3.63, 3.8) is 0 Å². The fourth-order valence-corrected chi connectivity index (χ4v) is 2.65. The second-order valence-corrected chi connectivity index (χ2v) is 4.40. The van der Waals surface area contributed by atoms with Crippen LogP contribution < -0.4 is 0 Å². The van der Waals surface area contributed by atoms with Gasteiger partial charge in [0.15, 0.2) is 0 Å². The van der Waals surface area contributed by atoms with E-state index in [4.69, 9.17) is 4.98 Å². The molecule has 2 aromatic rings. The molecule has 0 amide bonds. The van der Waals surface area contributed by atoms with Gasteiger partial charge in [-0.1, -0.05) is 18.2 Å². The Balaban J connectivity index is 2.35. The largest absolute Gasteiger partial charge is 0.392 e. The second kappa shape index (κ2) is 3.87. The zero-order chi connectivity index (χ0) is 11.0. The molecule has 82 valence electrons. The first kappa shape index (κ1) is 9.79. The molecule has 0 fully saturated rings. The van der Waals surface area contributed by atoms with Crippen LogP contribution >= 0.6 is 0 Å². The summed E-state index contributed by atoms with van der Waals surface area (Å²) in [6.07, 6.45) is 4.58. The number of aryl methyl sites for hydroxylation is 1. The zero-order valence-electron chi connectivity index (χ0n) is 9.24. The minimum Gasteiger partial charge on any atom is -0.392 e. The first-order valence-corrected chi connectivity index (χ1v) is 5.90. The van der Waals surface area contributed by atoms with Crippen molar-refractivity contribution in [2.24, 2.45) is 0 Å². The third kappa shape index (κ3) is 1.41. The highest BCUT2D eigenvalue weighted by molar-refractivity contribution is 5.83. The number of para-hydroxylation sites is 1. The third-order valence-corrected chi connectivity index (χ3v) is 3.45. The van der Waals surface area contributed by atoms with Crippen LogP contribution in [-0.4, -0.2) is 10.1 Å². The van der Waals surface area contributed by atoms with Crippen molar-refractivity contribution in [2.75, 3.05) is 0 Å². The van der Waals surface area contributed by atoms with E-state index in [1.54, 1.807) is 0 Å². The van der Waals surface area contributed by atoms with Gasteiger partial charge in [0.2, 0.25) is 0 Å². The maximum absolute atomic E-state index is 9.56. The van der Waals surface area contributed by atoms with Gasteiger partial charge in [-0.25, -0.2) is 0 Å². The minimum absolute atomic E-state index is 0.130. The van der Waals surface area contributed by atoms with E-state index in [9.17, 15) is 5.11 Å². The number of fused-ring (bicyclic) bond motifs is 2. The van der Waals surface area contributed by atoms with E-state index in [2.05, 4.69) is 6.07 Å². The highest BCUT2D eigenvalue weighted by Gasteiger charge is 2.16. The van der Waals surface area contributed by atoms with Gasteiger partial charge in [-0.2, -0.15) is 0 Å². The molecule has 0 bridgehead atoms. The maximum atomic E-state index is 9.56. The number of aromatic nitrogens is 1. The molecule has 1 heterocycles.